The summed E-state index contributed by atoms with van der Waals surface area (Å²) in [7, 11) is 0. The summed E-state index contributed by atoms with van der Waals surface area (Å²) in [5.41, 5.74) is 0. The van der Waals surface area contributed by atoms with E-state index in [2.05, 4.69) is 0 Å². The fraction of sp³-hybridized carbons (Fsp3) is 0.750. The van der Waals surface area contributed by atoms with E-state index in [0.29, 0.717) is 13.0 Å². The van der Waals surface area contributed by atoms with Gasteiger partial charge in [0.1, 0.15) is 0 Å². The summed E-state index contributed by atoms with van der Waals surface area (Å²) in [5.74, 6) is -1.30. The molecule has 0 spiro atoms. The van der Waals surface area contributed by atoms with Crippen LogP contribution in [0, 0.1) is 35.5 Å². The minimum Gasteiger partial charge on any atom is -0.465 e. The number of esters is 3. The first-order chi connectivity index (χ1) is 8.16. The van der Waals surface area contributed by atoms with Gasteiger partial charge in [0.05, 0.1) is 24.4 Å². The summed E-state index contributed by atoms with van der Waals surface area (Å²) >= 11 is 0. The topological polar surface area (TPSA) is 69.7 Å². The molecule has 6 atom stereocenters. The number of hydrogen-bond donors (Lipinski definition) is 0. The maximum Gasteiger partial charge on any atom is 0.316 e. The van der Waals surface area contributed by atoms with Crippen LogP contribution in [0.2, 0.25) is 0 Å². The fourth-order valence-electron chi connectivity index (χ4n) is 4.44. The number of hydrogen-bond acceptors (Lipinski definition) is 5. The van der Waals surface area contributed by atoms with E-state index in [0.717, 1.165) is 6.42 Å². The summed E-state index contributed by atoms with van der Waals surface area (Å²) in [6.45, 7) is 0.404. The second kappa shape index (κ2) is 2.89. The number of rotatable bonds is 0. The van der Waals surface area contributed by atoms with Crippen LogP contribution in [0.4, 0.5) is 0 Å². The lowest BCUT2D eigenvalue weighted by molar-refractivity contribution is -0.171. The summed E-state index contributed by atoms with van der Waals surface area (Å²) in [6, 6.07) is 0. The standard InChI is InChI=1S/C12H12O5/c13-10-5-1-4(3-16-10)8-6-2-7(9(5)8)12(15)17-11(6)14/h4-9H,1-3H2/t4-,5?,6?,7?,8?,9?/m0/s1. The molecule has 4 fully saturated rings. The second-order valence-electron chi connectivity index (χ2n) is 5.58. The van der Waals surface area contributed by atoms with Gasteiger partial charge in [-0.25, -0.2) is 0 Å². The van der Waals surface area contributed by atoms with Crippen LogP contribution in [0.5, 0.6) is 0 Å². The van der Waals surface area contributed by atoms with Crippen LogP contribution in [0.25, 0.3) is 0 Å². The Morgan fingerprint density at radius 2 is 1.47 bits per heavy atom. The predicted octanol–water partition coefficient (Wildman–Crippen LogP) is 0.131. The molecule has 0 radical (unpaired) electrons. The minimum atomic E-state index is -0.431. The van der Waals surface area contributed by atoms with Gasteiger partial charge >= 0.3 is 17.9 Å². The molecule has 5 nitrogen and oxygen atoms in total. The molecule has 0 aromatic rings. The number of carbonyl (C=O) groups excluding carboxylic acids is 3. The molecule has 4 aliphatic rings. The predicted molar refractivity (Wildman–Crippen MR) is 52.2 cm³/mol. The molecule has 17 heavy (non-hydrogen) atoms. The van der Waals surface area contributed by atoms with Gasteiger partial charge in [0.25, 0.3) is 0 Å². The zero-order valence-corrected chi connectivity index (χ0v) is 9.13. The normalized spacial score (nSPS) is 50.9. The zero-order valence-electron chi connectivity index (χ0n) is 9.13. The molecular weight excluding hydrogens is 224 g/mol. The van der Waals surface area contributed by atoms with Gasteiger partial charge in [0.2, 0.25) is 0 Å². The van der Waals surface area contributed by atoms with Gasteiger partial charge in [-0.2, -0.15) is 0 Å². The van der Waals surface area contributed by atoms with Crippen LogP contribution in [0.3, 0.4) is 0 Å². The van der Waals surface area contributed by atoms with E-state index in [1.165, 1.54) is 0 Å². The Balaban J connectivity index is 1.80. The molecule has 0 aromatic carbocycles. The van der Waals surface area contributed by atoms with Crippen LogP contribution in [-0.2, 0) is 23.9 Å². The van der Waals surface area contributed by atoms with Gasteiger partial charge in [-0.05, 0) is 30.6 Å². The smallest absolute Gasteiger partial charge is 0.316 e. The molecule has 2 saturated carbocycles. The Hall–Kier alpha value is -1.39. The monoisotopic (exact) mass is 236 g/mol. The summed E-state index contributed by atoms with van der Waals surface area (Å²) < 4.78 is 9.91. The average Bonchev–Trinajstić information content (AvgIpc) is 2.78. The average molecular weight is 236 g/mol. The van der Waals surface area contributed by atoms with E-state index in [4.69, 9.17) is 9.47 Å². The second-order valence-corrected chi connectivity index (χ2v) is 5.58. The van der Waals surface area contributed by atoms with Gasteiger partial charge < -0.3 is 9.47 Å². The molecule has 0 aromatic heterocycles. The van der Waals surface area contributed by atoms with E-state index in [1.807, 2.05) is 0 Å². The minimum absolute atomic E-state index is 0.0149. The van der Waals surface area contributed by atoms with E-state index >= 15 is 0 Å². The quantitative estimate of drug-likeness (QED) is 0.340. The van der Waals surface area contributed by atoms with E-state index in [9.17, 15) is 14.4 Å². The first-order valence-corrected chi connectivity index (χ1v) is 6.09. The lowest BCUT2D eigenvalue weighted by Gasteiger charge is -2.26. The molecule has 0 amide bonds. The molecule has 4 bridgehead atoms. The highest BCUT2D eigenvalue weighted by Gasteiger charge is 2.65. The Morgan fingerprint density at radius 3 is 2.24 bits per heavy atom. The maximum absolute atomic E-state index is 11.7. The third kappa shape index (κ3) is 1.02. The summed E-state index contributed by atoms with van der Waals surface area (Å²) in [6.07, 6.45) is 1.36. The molecule has 2 heterocycles. The number of ether oxygens (including phenoxy) is 2. The SMILES string of the molecule is O=C1OC[C@@H]2CC1C1C3CC(C(=O)OC3=O)C12. The Kier molecular flexibility index (Phi) is 1.63. The van der Waals surface area contributed by atoms with Gasteiger partial charge in [-0.3, -0.25) is 14.4 Å². The third-order valence-electron chi connectivity index (χ3n) is 5.00. The van der Waals surface area contributed by atoms with Crippen molar-refractivity contribution in [1.29, 1.82) is 0 Å². The van der Waals surface area contributed by atoms with Crippen molar-refractivity contribution in [2.45, 2.75) is 12.8 Å². The third-order valence-corrected chi connectivity index (χ3v) is 5.00. The lowest BCUT2D eigenvalue weighted by Crippen LogP contribution is -2.36. The van der Waals surface area contributed by atoms with Crippen molar-refractivity contribution in [3.05, 3.63) is 0 Å². The maximum atomic E-state index is 11.7. The molecule has 5 unspecified atom stereocenters. The zero-order chi connectivity index (χ0) is 11.7. The van der Waals surface area contributed by atoms with Crippen LogP contribution in [0.1, 0.15) is 12.8 Å². The van der Waals surface area contributed by atoms with Crippen molar-refractivity contribution >= 4 is 17.9 Å². The van der Waals surface area contributed by atoms with Gasteiger partial charge in [-0.1, -0.05) is 0 Å². The highest BCUT2D eigenvalue weighted by molar-refractivity contribution is 5.93. The Morgan fingerprint density at radius 1 is 0.824 bits per heavy atom. The molecule has 0 N–H and O–H groups in total. The van der Waals surface area contributed by atoms with Crippen molar-refractivity contribution in [3.63, 3.8) is 0 Å². The summed E-state index contributed by atoms with van der Waals surface area (Å²) in [5, 5.41) is 0. The number of fused-ring (bicyclic) bond motifs is 9. The van der Waals surface area contributed by atoms with E-state index < -0.39 is 11.9 Å². The van der Waals surface area contributed by atoms with Crippen molar-refractivity contribution < 1.29 is 23.9 Å². The molecule has 90 valence electrons. The fourth-order valence-corrected chi connectivity index (χ4v) is 4.44. The van der Waals surface area contributed by atoms with Gasteiger partial charge in [0, 0.05) is 0 Å². The van der Waals surface area contributed by atoms with Gasteiger partial charge in [-0.15, -0.1) is 0 Å². The first kappa shape index (κ1) is 9.62. The molecule has 2 aliphatic carbocycles. The van der Waals surface area contributed by atoms with Crippen LogP contribution in [-0.4, -0.2) is 24.5 Å². The van der Waals surface area contributed by atoms with Crippen LogP contribution >= 0.6 is 0 Å². The molecule has 5 heteroatoms. The highest BCUT2D eigenvalue weighted by atomic mass is 16.6. The van der Waals surface area contributed by atoms with E-state index in [-0.39, 0.29) is 41.5 Å². The first-order valence-electron chi connectivity index (χ1n) is 6.09. The van der Waals surface area contributed by atoms with Crippen molar-refractivity contribution in [2.75, 3.05) is 6.61 Å². The molecule has 4 rings (SSSR count). The van der Waals surface area contributed by atoms with Crippen LogP contribution < -0.4 is 0 Å². The van der Waals surface area contributed by atoms with Crippen molar-refractivity contribution in [2.24, 2.45) is 35.5 Å². The van der Waals surface area contributed by atoms with Crippen LogP contribution in [0.15, 0.2) is 0 Å². The Labute approximate surface area is 97.4 Å². The van der Waals surface area contributed by atoms with Gasteiger partial charge in [0.15, 0.2) is 0 Å². The molecule has 2 saturated heterocycles. The molecule has 2 aliphatic heterocycles. The van der Waals surface area contributed by atoms with Crippen molar-refractivity contribution in [3.8, 4) is 0 Å². The summed E-state index contributed by atoms with van der Waals surface area (Å²) in [4.78, 5) is 35.1. The highest BCUT2D eigenvalue weighted by Crippen LogP contribution is 2.60. The molecular formula is C12H12O5. The number of cyclic esters (lactones) is 3. The number of carbonyl (C=O) groups is 3. The van der Waals surface area contributed by atoms with Crippen molar-refractivity contribution in [1.82, 2.24) is 0 Å². The Bertz CT molecular complexity index is 442. The largest absolute Gasteiger partial charge is 0.465 e. The van der Waals surface area contributed by atoms with E-state index in [1.54, 1.807) is 0 Å². The lowest BCUT2D eigenvalue weighted by atomic mass is 9.84.